The normalized spacial score (nSPS) is 13.8. The molecule has 18 nitrogen and oxygen atoms in total. The summed E-state index contributed by atoms with van der Waals surface area (Å²) in [4.78, 5) is 63.3. The zero-order chi connectivity index (χ0) is 15.9. The van der Waals surface area contributed by atoms with E-state index in [1.54, 1.807) is 0 Å². The van der Waals surface area contributed by atoms with Crippen LogP contribution in [0, 0.1) is 60.7 Å². The largest absolute Gasteiger partial charge is 1.00 e. The van der Waals surface area contributed by atoms with Crippen molar-refractivity contribution in [2.45, 2.75) is 0 Å². The molecule has 0 fully saturated rings. The van der Waals surface area contributed by atoms with Crippen molar-refractivity contribution in [1.29, 1.82) is 0 Å². The Balaban J connectivity index is 0. The average Bonchev–Trinajstić information content (AvgIpc) is 2.15. The number of nitro groups is 6. The Kier molecular flexibility index (Phi) is 5.13. The SMILES string of the molecule is O=[N+]([O-])[Rh-]([N+](=O)[O-])([N+](=O)[O-])([N+](=O)[O-])([N+](=O)[O-])[N+](=O)[O-].[K+]. The van der Waals surface area contributed by atoms with Crippen LogP contribution >= 0.6 is 0 Å². The molecule has 20 heteroatoms. The molecule has 0 aromatic rings. The monoisotopic (exact) mass is 418 g/mol. The Labute approximate surface area is 146 Å². The molecular formula is KN6O12Rh. The van der Waals surface area contributed by atoms with Gasteiger partial charge in [-0.3, -0.25) is 0 Å². The maximum atomic E-state index is 10.5. The van der Waals surface area contributed by atoms with E-state index >= 15 is 0 Å². The molecule has 0 bridgehead atoms. The van der Waals surface area contributed by atoms with E-state index in [0.717, 1.165) is 0 Å². The van der Waals surface area contributed by atoms with Gasteiger partial charge in [0.05, 0.1) is 0 Å². The van der Waals surface area contributed by atoms with E-state index in [9.17, 15) is 60.7 Å². The maximum absolute atomic E-state index is 10.8. The van der Waals surface area contributed by atoms with Crippen LogP contribution in [0.3, 0.4) is 0 Å². The van der Waals surface area contributed by atoms with Crippen molar-refractivity contribution in [3.8, 4) is 0 Å². The van der Waals surface area contributed by atoms with Crippen LogP contribution in [-0.2, 0) is 13.9 Å². The van der Waals surface area contributed by atoms with Gasteiger partial charge in [-0.15, -0.1) is 0 Å². The fourth-order valence-electron chi connectivity index (χ4n) is 0.667. The molecule has 0 spiro atoms. The van der Waals surface area contributed by atoms with Gasteiger partial charge in [-0.1, -0.05) is 0 Å². The minimum atomic E-state index is -10.8. The molecule has 0 amide bonds. The number of rotatable bonds is 6. The number of hydrogen-bond donors (Lipinski definition) is 0. The summed E-state index contributed by atoms with van der Waals surface area (Å²) in [5, 5.41) is 63.3. The fourth-order valence-corrected chi connectivity index (χ4v) is 3.94. The summed E-state index contributed by atoms with van der Waals surface area (Å²) in [6.45, 7) is 0. The number of hydrogen-bond acceptors (Lipinski definition) is 12. The van der Waals surface area contributed by atoms with Crippen LogP contribution in [0.25, 0.3) is 0 Å². The smallest absolute Gasteiger partial charge is 1.00 e. The summed E-state index contributed by atoms with van der Waals surface area (Å²) in [7, 11) is 0. The predicted molar refractivity (Wildman–Crippen MR) is 42.0 cm³/mol. The van der Waals surface area contributed by atoms with Gasteiger partial charge >= 0.3 is 148 Å². The third-order valence-corrected chi connectivity index (χ3v) is 9.66. The first kappa shape index (κ1) is 21.0. The molecule has 112 valence electrons. The minimum absolute atomic E-state index is 0. The van der Waals surface area contributed by atoms with Crippen LogP contribution < -0.4 is 51.4 Å². The topological polar surface area (TPSA) is 259 Å². The van der Waals surface area contributed by atoms with Crippen molar-refractivity contribution in [3.05, 3.63) is 60.7 Å². The van der Waals surface area contributed by atoms with Crippen LogP contribution in [0.4, 0.5) is 0 Å². The first-order chi connectivity index (χ1) is 8.34. The van der Waals surface area contributed by atoms with Gasteiger partial charge in [-0.05, 0) is 0 Å². The molecule has 0 radical (unpaired) electrons. The molecule has 20 heavy (non-hydrogen) atoms. The molecule has 0 N–H and O–H groups in total. The first-order valence-corrected chi connectivity index (χ1v) is 7.48. The molecule has 0 saturated heterocycles. The van der Waals surface area contributed by atoms with E-state index in [0.29, 0.717) is 0 Å². The Morgan fingerprint density at radius 1 is 0.450 bits per heavy atom. The predicted octanol–water partition coefficient (Wildman–Crippen LogP) is -4.63. The summed E-state index contributed by atoms with van der Waals surface area (Å²) in [6, 6.07) is 0. The Morgan fingerprint density at radius 3 is 0.550 bits per heavy atom. The zero-order valence-electron chi connectivity index (χ0n) is 8.92. The maximum Gasteiger partial charge on any atom is 1.00 e. The van der Waals surface area contributed by atoms with E-state index in [4.69, 9.17) is 0 Å². The minimum Gasteiger partial charge on any atom is 1.00 e. The van der Waals surface area contributed by atoms with Crippen molar-refractivity contribution in [2.24, 2.45) is 0 Å². The van der Waals surface area contributed by atoms with Gasteiger partial charge in [0, 0.05) is 0 Å². The van der Waals surface area contributed by atoms with E-state index < -0.39 is 35.9 Å². The Bertz CT molecular complexity index is 431. The van der Waals surface area contributed by atoms with Crippen LogP contribution in [0.2, 0.25) is 0 Å². The van der Waals surface area contributed by atoms with Crippen molar-refractivity contribution in [2.75, 3.05) is 0 Å². The van der Waals surface area contributed by atoms with Crippen LogP contribution in [0.5, 0.6) is 0 Å². The quantitative estimate of drug-likeness (QED) is 0.224. The summed E-state index contributed by atoms with van der Waals surface area (Å²) < 4.78 is -19.4. The molecule has 0 heterocycles. The Hall–Kier alpha value is -1.34. The zero-order valence-corrected chi connectivity index (χ0v) is 13.7. The van der Waals surface area contributed by atoms with Crippen molar-refractivity contribution in [3.63, 3.8) is 0 Å². The third-order valence-electron chi connectivity index (χ3n) is 1.63. The molecule has 0 aliphatic carbocycles. The van der Waals surface area contributed by atoms with E-state index in [2.05, 4.69) is 0 Å². The van der Waals surface area contributed by atoms with Gasteiger partial charge < -0.3 is 0 Å². The van der Waals surface area contributed by atoms with E-state index in [1.165, 1.54) is 0 Å². The van der Waals surface area contributed by atoms with Gasteiger partial charge in [-0.2, -0.15) is 0 Å². The number of nitrogens with zero attached hydrogens (tertiary/aromatic N) is 6. The second-order valence-electron chi connectivity index (χ2n) is 2.18. The summed E-state index contributed by atoms with van der Waals surface area (Å²) >= 11 is -10.8. The van der Waals surface area contributed by atoms with Crippen molar-refractivity contribution in [1.82, 2.24) is 0 Å². The molecule has 0 saturated carbocycles. The van der Waals surface area contributed by atoms with Gasteiger partial charge in [0.15, 0.2) is 0 Å². The third kappa shape index (κ3) is 1.19. The van der Waals surface area contributed by atoms with E-state index in [-0.39, 0.29) is 51.4 Å². The summed E-state index contributed by atoms with van der Waals surface area (Å²) in [5.41, 5.74) is 0. The second-order valence-corrected chi connectivity index (χ2v) is 10.7. The standard InChI is InChI=1S/K.6NO2.Rh/c;6*2-1-3;/q+1;;;;;;;-1. The van der Waals surface area contributed by atoms with Gasteiger partial charge in [0.25, 0.3) is 0 Å². The van der Waals surface area contributed by atoms with Crippen LogP contribution in [-0.4, -0.2) is 22.0 Å². The van der Waals surface area contributed by atoms with Crippen molar-refractivity contribution < 1.29 is 87.2 Å². The molecule has 0 aliphatic rings. The fraction of sp³-hybridized carbons (Fsp3) is 0. The molecule has 0 aromatic heterocycles. The van der Waals surface area contributed by atoms with E-state index in [1.807, 2.05) is 0 Å². The van der Waals surface area contributed by atoms with Crippen LogP contribution in [0.1, 0.15) is 0 Å². The first-order valence-electron chi connectivity index (χ1n) is 3.09. The molecule has 0 unspecified atom stereocenters. The molecule has 0 aromatic carbocycles. The summed E-state index contributed by atoms with van der Waals surface area (Å²) in [5.74, 6) is 0. The molecule has 0 rings (SSSR count). The van der Waals surface area contributed by atoms with Crippen molar-refractivity contribution >= 4 is 0 Å². The molecule has 0 aliphatic heterocycles. The Morgan fingerprint density at radius 2 is 0.550 bits per heavy atom. The van der Waals surface area contributed by atoms with Gasteiger partial charge in [0.2, 0.25) is 0 Å². The average molecular weight is 418 g/mol. The summed E-state index contributed by atoms with van der Waals surface area (Å²) in [6.07, 6.45) is 0. The molecule has 0 atom stereocenters. The second kappa shape index (κ2) is 4.89. The van der Waals surface area contributed by atoms with Crippen LogP contribution in [0.15, 0.2) is 0 Å². The van der Waals surface area contributed by atoms with Gasteiger partial charge in [0.1, 0.15) is 0 Å². The van der Waals surface area contributed by atoms with Gasteiger partial charge in [-0.25, -0.2) is 0 Å². The molecular weight excluding hydrogens is 418 g/mol.